The van der Waals surface area contributed by atoms with Crippen LogP contribution >= 0.6 is 23.1 Å². The number of thiophene rings is 1. The maximum atomic E-state index is 4.64. The summed E-state index contributed by atoms with van der Waals surface area (Å²) in [7, 11) is 0. The van der Waals surface area contributed by atoms with Crippen molar-refractivity contribution in [1.29, 1.82) is 0 Å². The second-order valence-electron chi connectivity index (χ2n) is 5.96. The van der Waals surface area contributed by atoms with E-state index in [9.17, 15) is 0 Å². The van der Waals surface area contributed by atoms with Gasteiger partial charge in [0.2, 0.25) is 0 Å². The van der Waals surface area contributed by atoms with Gasteiger partial charge in [-0.25, -0.2) is 9.97 Å². The standard InChI is InChI=1S/C19H19N3S2/c1-23-19-20-10-16-11-22(8-7-18(16)21-19)12-17-9-15(13-24-17)14-5-3-2-4-6-14/h2-6,9-10,13H,7-8,11-12H2,1H3. The van der Waals surface area contributed by atoms with E-state index >= 15 is 0 Å². The summed E-state index contributed by atoms with van der Waals surface area (Å²) in [6, 6.07) is 12.9. The third-order valence-corrected chi connectivity index (χ3v) is 5.80. The fourth-order valence-corrected chi connectivity index (χ4v) is 4.35. The summed E-state index contributed by atoms with van der Waals surface area (Å²) in [4.78, 5) is 13.0. The van der Waals surface area contributed by atoms with Gasteiger partial charge in [-0.2, -0.15) is 0 Å². The first kappa shape index (κ1) is 15.8. The van der Waals surface area contributed by atoms with Crippen molar-refractivity contribution >= 4 is 23.1 Å². The largest absolute Gasteiger partial charge is 0.293 e. The van der Waals surface area contributed by atoms with E-state index < -0.39 is 0 Å². The van der Waals surface area contributed by atoms with Crippen LogP contribution in [0.3, 0.4) is 0 Å². The van der Waals surface area contributed by atoms with Gasteiger partial charge in [-0.1, -0.05) is 42.1 Å². The molecule has 3 heterocycles. The second-order valence-corrected chi connectivity index (χ2v) is 7.73. The van der Waals surface area contributed by atoms with Crippen molar-refractivity contribution in [3.63, 3.8) is 0 Å². The second kappa shape index (κ2) is 7.05. The lowest BCUT2D eigenvalue weighted by Gasteiger charge is -2.27. The zero-order chi connectivity index (χ0) is 16.4. The number of hydrogen-bond acceptors (Lipinski definition) is 5. The van der Waals surface area contributed by atoms with Gasteiger partial charge in [0.15, 0.2) is 5.16 Å². The quantitative estimate of drug-likeness (QED) is 0.511. The van der Waals surface area contributed by atoms with E-state index in [4.69, 9.17) is 0 Å². The van der Waals surface area contributed by atoms with Gasteiger partial charge in [0.05, 0.1) is 5.69 Å². The molecule has 0 fully saturated rings. The number of nitrogens with zero attached hydrogens (tertiary/aromatic N) is 3. The molecule has 0 unspecified atom stereocenters. The molecular weight excluding hydrogens is 334 g/mol. The highest BCUT2D eigenvalue weighted by molar-refractivity contribution is 7.98. The van der Waals surface area contributed by atoms with Crippen molar-refractivity contribution < 1.29 is 0 Å². The predicted molar refractivity (Wildman–Crippen MR) is 101 cm³/mol. The van der Waals surface area contributed by atoms with Crippen molar-refractivity contribution in [3.8, 4) is 11.1 Å². The van der Waals surface area contributed by atoms with Crippen LogP contribution in [0.2, 0.25) is 0 Å². The molecule has 3 aromatic rings. The van der Waals surface area contributed by atoms with Crippen molar-refractivity contribution in [1.82, 2.24) is 14.9 Å². The summed E-state index contributed by atoms with van der Waals surface area (Å²) in [5.41, 5.74) is 5.11. The van der Waals surface area contributed by atoms with Crippen LogP contribution in [0.1, 0.15) is 16.1 Å². The molecule has 1 aliphatic heterocycles. The highest BCUT2D eigenvalue weighted by Crippen LogP contribution is 2.28. The number of hydrogen-bond donors (Lipinski definition) is 0. The van der Waals surface area contributed by atoms with E-state index in [1.54, 1.807) is 11.8 Å². The van der Waals surface area contributed by atoms with E-state index in [-0.39, 0.29) is 0 Å². The summed E-state index contributed by atoms with van der Waals surface area (Å²) in [6.07, 6.45) is 5.05. The molecule has 0 spiro atoms. The fourth-order valence-electron chi connectivity index (χ4n) is 3.06. The number of aromatic nitrogens is 2. The lowest BCUT2D eigenvalue weighted by molar-refractivity contribution is 0.244. The maximum Gasteiger partial charge on any atom is 0.187 e. The minimum atomic E-state index is 0.882. The third kappa shape index (κ3) is 3.38. The highest BCUT2D eigenvalue weighted by atomic mass is 32.2. The zero-order valence-electron chi connectivity index (χ0n) is 13.6. The van der Waals surface area contributed by atoms with Gasteiger partial charge in [-0.05, 0) is 28.8 Å². The van der Waals surface area contributed by atoms with Crippen LogP contribution < -0.4 is 0 Å². The first-order valence-electron chi connectivity index (χ1n) is 8.06. The van der Waals surface area contributed by atoms with E-state index in [0.29, 0.717) is 0 Å². The summed E-state index contributed by atoms with van der Waals surface area (Å²) in [6.45, 7) is 3.01. The minimum Gasteiger partial charge on any atom is -0.293 e. The van der Waals surface area contributed by atoms with Crippen molar-refractivity contribution in [2.75, 3.05) is 12.8 Å². The molecular formula is C19H19N3S2. The van der Waals surface area contributed by atoms with Crippen molar-refractivity contribution in [3.05, 3.63) is 64.1 Å². The van der Waals surface area contributed by atoms with Gasteiger partial charge >= 0.3 is 0 Å². The van der Waals surface area contributed by atoms with Gasteiger partial charge in [-0.3, -0.25) is 4.90 Å². The van der Waals surface area contributed by atoms with Gasteiger partial charge < -0.3 is 0 Å². The van der Waals surface area contributed by atoms with Crippen LogP contribution in [0.5, 0.6) is 0 Å². The molecule has 0 saturated heterocycles. The molecule has 5 heteroatoms. The summed E-state index contributed by atoms with van der Waals surface area (Å²) in [5.74, 6) is 0. The molecule has 0 bridgehead atoms. The topological polar surface area (TPSA) is 29.0 Å². The van der Waals surface area contributed by atoms with Crippen molar-refractivity contribution in [2.45, 2.75) is 24.7 Å². The Morgan fingerprint density at radius 2 is 2.08 bits per heavy atom. The lowest BCUT2D eigenvalue weighted by atomic mass is 10.1. The van der Waals surface area contributed by atoms with Gasteiger partial charge in [0.1, 0.15) is 0 Å². The van der Waals surface area contributed by atoms with Crippen LogP contribution in [0.25, 0.3) is 11.1 Å². The van der Waals surface area contributed by atoms with Crippen LogP contribution in [-0.2, 0) is 19.5 Å². The van der Waals surface area contributed by atoms with Crippen LogP contribution in [0, 0.1) is 0 Å². The first-order chi connectivity index (χ1) is 11.8. The summed E-state index contributed by atoms with van der Waals surface area (Å²) in [5, 5.41) is 3.14. The summed E-state index contributed by atoms with van der Waals surface area (Å²) >= 11 is 3.46. The Balaban J connectivity index is 1.46. The Labute approximate surface area is 150 Å². The Morgan fingerprint density at radius 1 is 1.21 bits per heavy atom. The Kier molecular flexibility index (Phi) is 4.65. The smallest absolute Gasteiger partial charge is 0.187 e. The molecule has 0 amide bonds. The number of rotatable bonds is 4. The molecule has 3 nitrogen and oxygen atoms in total. The molecule has 122 valence electrons. The molecule has 0 aliphatic carbocycles. The molecule has 0 N–H and O–H groups in total. The lowest BCUT2D eigenvalue weighted by Crippen LogP contribution is -2.30. The number of thioether (sulfide) groups is 1. The molecule has 4 rings (SSSR count). The van der Waals surface area contributed by atoms with E-state index in [1.807, 2.05) is 23.8 Å². The molecule has 1 aliphatic rings. The highest BCUT2D eigenvalue weighted by Gasteiger charge is 2.19. The number of fused-ring (bicyclic) bond motifs is 1. The SMILES string of the molecule is CSc1ncc2c(n1)CCN(Cc1cc(-c3ccccc3)cs1)C2. The van der Waals surface area contributed by atoms with E-state index in [1.165, 1.54) is 27.3 Å². The van der Waals surface area contributed by atoms with Gasteiger partial charge in [-0.15, -0.1) is 11.3 Å². The minimum absolute atomic E-state index is 0.882. The van der Waals surface area contributed by atoms with Gasteiger partial charge in [0.25, 0.3) is 0 Å². The monoisotopic (exact) mass is 353 g/mol. The van der Waals surface area contributed by atoms with Gasteiger partial charge in [0, 0.05) is 42.7 Å². The van der Waals surface area contributed by atoms with E-state index in [2.05, 4.69) is 56.6 Å². The first-order valence-corrected chi connectivity index (χ1v) is 10.2. The molecule has 0 atom stereocenters. The molecule has 24 heavy (non-hydrogen) atoms. The fraction of sp³-hybridized carbons (Fsp3) is 0.263. The molecule has 1 aromatic carbocycles. The number of benzene rings is 1. The van der Waals surface area contributed by atoms with Crippen molar-refractivity contribution in [2.24, 2.45) is 0 Å². The van der Waals surface area contributed by atoms with Crippen LogP contribution in [0.15, 0.2) is 53.1 Å². The van der Waals surface area contributed by atoms with Crippen LogP contribution in [0.4, 0.5) is 0 Å². The Hall–Kier alpha value is -1.69. The average molecular weight is 354 g/mol. The Morgan fingerprint density at radius 3 is 2.92 bits per heavy atom. The summed E-state index contributed by atoms with van der Waals surface area (Å²) < 4.78 is 0. The Bertz CT molecular complexity index is 830. The van der Waals surface area contributed by atoms with Crippen LogP contribution in [-0.4, -0.2) is 27.7 Å². The van der Waals surface area contributed by atoms with E-state index in [0.717, 1.165) is 31.2 Å². The molecule has 2 aromatic heterocycles. The predicted octanol–water partition coefficient (Wildman–Crippen LogP) is 4.49. The zero-order valence-corrected chi connectivity index (χ0v) is 15.2. The maximum absolute atomic E-state index is 4.64. The molecule has 0 saturated carbocycles. The third-order valence-electron chi connectivity index (χ3n) is 4.31. The molecule has 0 radical (unpaired) electrons. The normalized spacial score (nSPS) is 14.5. The average Bonchev–Trinajstić information content (AvgIpc) is 3.10.